The summed E-state index contributed by atoms with van der Waals surface area (Å²) in [4.78, 5) is 12.2. The first-order valence-corrected chi connectivity index (χ1v) is 5.44. The quantitative estimate of drug-likeness (QED) is 0.760. The fourth-order valence-corrected chi connectivity index (χ4v) is 1.98. The van der Waals surface area contributed by atoms with Crippen LogP contribution in [0.4, 0.5) is 0 Å². The fraction of sp³-hybridized carbons (Fsp3) is 0.462. The molecular weight excluding hydrogens is 186 g/mol. The molecule has 2 nitrogen and oxygen atoms in total. The highest BCUT2D eigenvalue weighted by atomic mass is 16.1. The van der Waals surface area contributed by atoms with Crippen molar-refractivity contribution in [3.63, 3.8) is 0 Å². The molecule has 0 saturated heterocycles. The Morgan fingerprint density at radius 2 is 1.93 bits per heavy atom. The highest BCUT2D eigenvalue weighted by Gasteiger charge is 2.48. The summed E-state index contributed by atoms with van der Waals surface area (Å²) in [5.41, 5.74) is 1.96. The third kappa shape index (κ3) is 1.95. The Balaban J connectivity index is 2.18. The first-order valence-electron chi connectivity index (χ1n) is 5.44. The van der Waals surface area contributed by atoms with Crippen molar-refractivity contribution in [3.8, 4) is 0 Å². The number of carbonyl (C=O) groups excluding carboxylic acids is 1. The Labute approximate surface area is 90.7 Å². The summed E-state index contributed by atoms with van der Waals surface area (Å²) in [6.45, 7) is 2.84. The smallest absolute Gasteiger partial charge is 0.170 e. The van der Waals surface area contributed by atoms with E-state index in [-0.39, 0.29) is 5.41 Å². The first-order chi connectivity index (χ1) is 7.18. The van der Waals surface area contributed by atoms with Crippen LogP contribution in [0.2, 0.25) is 0 Å². The molecule has 0 spiro atoms. The van der Waals surface area contributed by atoms with Crippen molar-refractivity contribution in [1.82, 2.24) is 5.32 Å². The van der Waals surface area contributed by atoms with Gasteiger partial charge in [0.2, 0.25) is 0 Å². The van der Waals surface area contributed by atoms with Crippen molar-refractivity contribution in [2.24, 2.45) is 5.41 Å². The van der Waals surface area contributed by atoms with Crippen LogP contribution in [0, 0.1) is 12.3 Å². The van der Waals surface area contributed by atoms with E-state index in [9.17, 15) is 4.79 Å². The van der Waals surface area contributed by atoms with Gasteiger partial charge in [-0.25, -0.2) is 0 Å². The molecule has 0 atom stereocenters. The molecule has 1 fully saturated rings. The number of carbonyl (C=O) groups is 1. The van der Waals surface area contributed by atoms with Crippen LogP contribution in [0.3, 0.4) is 0 Å². The summed E-state index contributed by atoms with van der Waals surface area (Å²) in [7, 11) is 1.91. The Kier molecular flexibility index (Phi) is 2.61. The van der Waals surface area contributed by atoms with Crippen molar-refractivity contribution < 1.29 is 4.79 Å². The predicted molar refractivity (Wildman–Crippen MR) is 61.1 cm³/mol. The second-order valence-electron chi connectivity index (χ2n) is 4.51. The summed E-state index contributed by atoms with van der Waals surface area (Å²) >= 11 is 0. The minimum atomic E-state index is -0.0932. The van der Waals surface area contributed by atoms with Gasteiger partial charge in [-0.2, -0.15) is 0 Å². The van der Waals surface area contributed by atoms with Crippen LogP contribution in [0.5, 0.6) is 0 Å². The average Bonchev–Trinajstić information content (AvgIpc) is 3.00. The van der Waals surface area contributed by atoms with Gasteiger partial charge in [0.1, 0.15) is 0 Å². The molecular formula is C13H17NO. The summed E-state index contributed by atoms with van der Waals surface area (Å²) in [6.07, 6.45) is 2.06. The van der Waals surface area contributed by atoms with E-state index in [2.05, 4.69) is 5.32 Å². The van der Waals surface area contributed by atoms with E-state index in [1.165, 1.54) is 5.56 Å². The lowest BCUT2D eigenvalue weighted by molar-refractivity contribution is 0.0900. The molecule has 1 aromatic carbocycles. The molecule has 1 aliphatic carbocycles. The van der Waals surface area contributed by atoms with Gasteiger partial charge in [-0.15, -0.1) is 0 Å². The second-order valence-corrected chi connectivity index (χ2v) is 4.51. The van der Waals surface area contributed by atoms with Crippen molar-refractivity contribution in [2.45, 2.75) is 19.8 Å². The van der Waals surface area contributed by atoms with Crippen LogP contribution in [0.15, 0.2) is 24.3 Å². The Hall–Kier alpha value is -1.15. The number of nitrogens with one attached hydrogen (secondary N) is 1. The summed E-state index contributed by atoms with van der Waals surface area (Å²) < 4.78 is 0. The van der Waals surface area contributed by atoms with Crippen LogP contribution in [0.1, 0.15) is 28.8 Å². The van der Waals surface area contributed by atoms with Crippen LogP contribution < -0.4 is 5.32 Å². The number of benzene rings is 1. The van der Waals surface area contributed by atoms with E-state index in [1.54, 1.807) is 0 Å². The normalized spacial score (nSPS) is 17.5. The van der Waals surface area contributed by atoms with Gasteiger partial charge in [0.15, 0.2) is 5.78 Å². The molecule has 1 aliphatic rings. The molecule has 0 heterocycles. The lowest BCUT2D eigenvalue weighted by Gasteiger charge is -2.13. The van der Waals surface area contributed by atoms with E-state index in [4.69, 9.17) is 0 Å². The number of hydrogen-bond donors (Lipinski definition) is 1. The number of rotatable bonds is 4. The Morgan fingerprint density at radius 1 is 1.33 bits per heavy atom. The SMILES string of the molecule is CNCC1(C(=O)c2ccc(C)cc2)CC1. The van der Waals surface area contributed by atoms with Gasteiger partial charge in [-0.05, 0) is 26.8 Å². The molecule has 1 saturated carbocycles. The molecule has 80 valence electrons. The van der Waals surface area contributed by atoms with Crippen LogP contribution in [-0.4, -0.2) is 19.4 Å². The number of aryl methyl sites for hydroxylation is 1. The molecule has 15 heavy (non-hydrogen) atoms. The van der Waals surface area contributed by atoms with E-state index >= 15 is 0 Å². The van der Waals surface area contributed by atoms with Crippen molar-refractivity contribution in [2.75, 3.05) is 13.6 Å². The maximum absolute atomic E-state index is 12.2. The first kappa shape index (κ1) is 10.4. The number of hydrogen-bond acceptors (Lipinski definition) is 2. The van der Waals surface area contributed by atoms with Crippen LogP contribution >= 0.6 is 0 Å². The lowest BCUT2D eigenvalue weighted by Crippen LogP contribution is -2.27. The monoisotopic (exact) mass is 203 g/mol. The molecule has 0 aliphatic heterocycles. The minimum Gasteiger partial charge on any atom is -0.319 e. The minimum absolute atomic E-state index is 0.0932. The van der Waals surface area contributed by atoms with Gasteiger partial charge >= 0.3 is 0 Å². The largest absolute Gasteiger partial charge is 0.319 e. The van der Waals surface area contributed by atoms with Gasteiger partial charge in [-0.3, -0.25) is 4.79 Å². The van der Waals surface area contributed by atoms with Crippen molar-refractivity contribution in [3.05, 3.63) is 35.4 Å². The number of ketones is 1. The topological polar surface area (TPSA) is 29.1 Å². The van der Waals surface area contributed by atoms with Gasteiger partial charge in [0.05, 0.1) is 0 Å². The molecule has 0 aromatic heterocycles. The third-order valence-corrected chi connectivity index (χ3v) is 3.16. The third-order valence-electron chi connectivity index (χ3n) is 3.16. The predicted octanol–water partition coefficient (Wildman–Crippen LogP) is 2.18. The molecule has 0 amide bonds. The summed E-state index contributed by atoms with van der Waals surface area (Å²) in [6, 6.07) is 7.88. The van der Waals surface area contributed by atoms with Crippen molar-refractivity contribution in [1.29, 1.82) is 0 Å². The van der Waals surface area contributed by atoms with Crippen molar-refractivity contribution >= 4 is 5.78 Å². The standard InChI is InChI=1S/C13H17NO/c1-10-3-5-11(6-4-10)12(15)13(7-8-13)9-14-2/h3-6,14H,7-9H2,1-2H3. The number of Topliss-reactive ketones (excluding diaryl/α,β-unsaturated/α-hetero) is 1. The van der Waals surface area contributed by atoms with E-state index in [1.807, 2.05) is 38.2 Å². The highest BCUT2D eigenvalue weighted by Crippen LogP contribution is 2.47. The Bertz CT molecular complexity index is 363. The molecule has 0 unspecified atom stereocenters. The van der Waals surface area contributed by atoms with Crippen LogP contribution in [-0.2, 0) is 0 Å². The molecule has 2 heteroatoms. The zero-order chi connectivity index (χ0) is 10.9. The second kappa shape index (κ2) is 3.78. The molecule has 0 bridgehead atoms. The zero-order valence-corrected chi connectivity index (χ0v) is 9.34. The van der Waals surface area contributed by atoms with E-state index < -0.39 is 0 Å². The maximum Gasteiger partial charge on any atom is 0.170 e. The molecule has 2 rings (SSSR count). The summed E-state index contributed by atoms with van der Waals surface area (Å²) in [5, 5.41) is 3.11. The van der Waals surface area contributed by atoms with Gasteiger partial charge in [0, 0.05) is 17.5 Å². The van der Waals surface area contributed by atoms with Gasteiger partial charge in [-0.1, -0.05) is 29.8 Å². The summed E-state index contributed by atoms with van der Waals surface area (Å²) in [5.74, 6) is 0.303. The molecule has 0 radical (unpaired) electrons. The molecule has 1 N–H and O–H groups in total. The lowest BCUT2D eigenvalue weighted by atomic mass is 9.94. The Morgan fingerprint density at radius 3 is 2.40 bits per heavy atom. The molecule has 1 aromatic rings. The zero-order valence-electron chi connectivity index (χ0n) is 9.34. The van der Waals surface area contributed by atoms with Crippen LogP contribution in [0.25, 0.3) is 0 Å². The van der Waals surface area contributed by atoms with E-state index in [0.717, 1.165) is 24.9 Å². The van der Waals surface area contributed by atoms with Gasteiger partial charge in [0.25, 0.3) is 0 Å². The average molecular weight is 203 g/mol. The van der Waals surface area contributed by atoms with E-state index in [0.29, 0.717) is 5.78 Å². The maximum atomic E-state index is 12.2. The fourth-order valence-electron chi connectivity index (χ4n) is 1.98. The van der Waals surface area contributed by atoms with Gasteiger partial charge < -0.3 is 5.32 Å². The highest BCUT2D eigenvalue weighted by molar-refractivity contribution is 6.02.